The molecule has 0 amide bonds. The van der Waals surface area contributed by atoms with E-state index in [4.69, 9.17) is 0 Å². The highest BCUT2D eigenvalue weighted by molar-refractivity contribution is 8.14. The number of aliphatic imine (C=N–C) groups is 1. The van der Waals surface area contributed by atoms with Gasteiger partial charge < -0.3 is 4.98 Å². The van der Waals surface area contributed by atoms with Crippen LogP contribution < -0.4 is 4.31 Å². The van der Waals surface area contributed by atoms with E-state index in [1.54, 1.807) is 18.8 Å². The lowest BCUT2D eigenvalue weighted by atomic mass is 10.2. The summed E-state index contributed by atoms with van der Waals surface area (Å²) >= 11 is 1.72. The topological polar surface area (TPSA) is 65.5 Å². The maximum absolute atomic E-state index is 12.9. The number of anilines is 1. The predicted octanol–water partition coefficient (Wildman–Crippen LogP) is 3.63. The van der Waals surface area contributed by atoms with Gasteiger partial charge in [0.2, 0.25) is 10.0 Å². The quantitative estimate of drug-likeness (QED) is 0.729. The molecule has 5 nitrogen and oxygen atoms in total. The first kappa shape index (κ1) is 17.2. The molecule has 0 saturated heterocycles. The van der Waals surface area contributed by atoms with Crippen LogP contribution in [-0.2, 0) is 15.8 Å². The Balaban J connectivity index is 1.71. The van der Waals surface area contributed by atoms with Crippen molar-refractivity contribution in [3.63, 3.8) is 0 Å². The van der Waals surface area contributed by atoms with E-state index in [1.165, 1.54) is 4.31 Å². The minimum absolute atomic E-state index is 0.0309. The molecule has 0 saturated carbocycles. The summed E-state index contributed by atoms with van der Waals surface area (Å²) in [6, 6.07) is 17.0. The molecule has 0 fully saturated rings. The van der Waals surface area contributed by atoms with E-state index < -0.39 is 10.0 Å². The van der Waals surface area contributed by atoms with Gasteiger partial charge in [0.25, 0.3) is 0 Å². The second-order valence-electron chi connectivity index (χ2n) is 6.17. The number of sulfonamides is 1. The zero-order chi connectivity index (χ0) is 18.1. The van der Waals surface area contributed by atoms with Crippen LogP contribution in [0.4, 0.5) is 5.69 Å². The Bertz CT molecular complexity index is 1070. The van der Waals surface area contributed by atoms with Crippen molar-refractivity contribution in [3.8, 4) is 0 Å². The van der Waals surface area contributed by atoms with Gasteiger partial charge >= 0.3 is 0 Å². The SMILES string of the molecule is CN(c1cccc2cc(C3=NCCS3)[nH]c12)S(=O)(=O)Cc1ccccc1. The number of hydrogen-bond acceptors (Lipinski definition) is 4. The molecule has 0 spiro atoms. The molecule has 0 unspecified atom stereocenters. The number of fused-ring (bicyclic) bond motifs is 1. The highest BCUT2D eigenvalue weighted by Gasteiger charge is 2.22. The average Bonchev–Trinajstić information content (AvgIpc) is 3.30. The molecule has 2 aromatic carbocycles. The lowest BCUT2D eigenvalue weighted by molar-refractivity contribution is 0.593. The molecular formula is C19H19N3O2S2. The first-order valence-electron chi connectivity index (χ1n) is 8.34. The van der Waals surface area contributed by atoms with Crippen molar-refractivity contribution in [3.05, 3.63) is 65.9 Å². The number of thioether (sulfide) groups is 1. The van der Waals surface area contributed by atoms with Crippen LogP contribution >= 0.6 is 11.8 Å². The number of aromatic nitrogens is 1. The number of hydrogen-bond donors (Lipinski definition) is 1. The van der Waals surface area contributed by atoms with Gasteiger partial charge in [-0.05, 0) is 17.7 Å². The van der Waals surface area contributed by atoms with Crippen molar-refractivity contribution >= 4 is 43.4 Å². The van der Waals surface area contributed by atoms with Crippen LogP contribution in [0.5, 0.6) is 0 Å². The van der Waals surface area contributed by atoms with E-state index >= 15 is 0 Å². The van der Waals surface area contributed by atoms with Crippen LogP contribution in [0.2, 0.25) is 0 Å². The number of H-pyrrole nitrogens is 1. The largest absolute Gasteiger partial charge is 0.351 e. The van der Waals surface area contributed by atoms with Gasteiger partial charge in [0.1, 0.15) is 5.04 Å². The van der Waals surface area contributed by atoms with Crippen molar-refractivity contribution in [1.82, 2.24) is 4.98 Å². The Morgan fingerprint density at radius 2 is 1.96 bits per heavy atom. The predicted molar refractivity (Wildman–Crippen MR) is 110 cm³/mol. The van der Waals surface area contributed by atoms with Gasteiger partial charge in [0, 0.05) is 24.7 Å². The monoisotopic (exact) mass is 385 g/mol. The van der Waals surface area contributed by atoms with Crippen LogP contribution in [0.25, 0.3) is 10.9 Å². The Kier molecular flexibility index (Phi) is 4.50. The molecule has 26 heavy (non-hydrogen) atoms. The number of nitrogens with zero attached hydrogens (tertiary/aromatic N) is 2. The molecule has 1 aliphatic rings. The Hall–Kier alpha value is -2.25. The third-order valence-corrected chi connectivity index (χ3v) is 7.14. The molecule has 134 valence electrons. The third kappa shape index (κ3) is 3.24. The van der Waals surface area contributed by atoms with Crippen LogP contribution in [0.3, 0.4) is 0 Å². The zero-order valence-corrected chi connectivity index (χ0v) is 16.0. The van der Waals surface area contributed by atoms with Gasteiger partial charge in [-0.25, -0.2) is 8.42 Å². The Morgan fingerprint density at radius 3 is 2.69 bits per heavy atom. The number of para-hydroxylation sites is 1. The fraction of sp³-hybridized carbons (Fsp3) is 0.211. The standard InChI is InChI=1S/C19H19N3O2S2/c1-22(26(23,24)13-14-6-3-2-4-7-14)17-9-5-8-15-12-16(21-18(15)17)19-20-10-11-25-19/h2-9,12,21H,10-11,13H2,1H3. The molecule has 1 aromatic heterocycles. The van der Waals surface area contributed by atoms with Gasteiger partial charge in [0.15, 0.2) is 0 Å². The molecule has 0 atom stereocenters. The highest BCUT2D eigenvalue weighted by Crippen LogP contribution is 2.30. The second kappa shape index (κ2) is 6.81. The summed E-state index contributed by atoms with van der Waals surface area (Å²) in [5, 5.41) is 1.97. The first-order chi connectivity index (χ1) is 12.5. The van der Waals surface area contributed by atoms with Gasteiger partial charge in [-0.15, -0.1) is 11.8 Å². The zero-order valence-electron chi connectivity index (χ0n) is 14.3. The Labute approximate surface area is 157 Å². The highest BCUT2D eigenvalue weighted by atomic mass is 32.2. The van der Waals surface area contributed by atoms with E-state index in [1.807, 2.05) is 54.6 Å². The normalized spacial score (nSPS) is 14.6. The molecule has 1 aliphatic heterocycles. The smallest absolute Gasteiger partial charge is 0.239 e. The maximum atomic E-state index is 12.9. The maximum Gasteiger partial charge on any atom is 0.239 e. The number of nitrogens with one attached hydrogen (secondary N) is 1. The van der Waals surface area contributed by atoms with Crippen LogP contribution in [0.1, 0.15) is 11.3 Å². The second-order valence-corrected chi connectivity index (χ2v) is 9.25. The number of rotatable bonds is 5. The summed E-state index contributed by atoms with van der Waals surface area (Å²) in [5.74, 6) is 0.958. The van der Waals surface area contributed by atoms with Gasteiger partial charge in [0.05, 0.1) is 22.7 Å². The molecule has 0 aliphatic carbocycles. The van der Waals surface area contributed by atoms with Crippen molar-refractivity contribution in [2.75, 3.05) is 23.7 Å². The van der Waals surface area contributed by atoms with E-state index in [2.05, 4.69) is 9.98 Å². The summed E-state index contributed by atoms with van der Waals surface area (Å²) in [6.07, 6.45) is 0. The van der Waals surface area contributed by atoms with E-state index in [0.717, 1.165) is 39.5 Å². The summed E-state index contributed by atoms with van der Waals surface area (Å²) in [5.41, 5.74) is 3.18. The molecule has 2 heterocycles. The lowest BCUT2D eigenvalue weighted by Gasteiger charge is -2.20. The molecular weight excluding hydrogens is 366 g/mol. The van der Waals surface area contributed by atoms with Crippen LogP contribution in [-0.4, -0.2) is 37.8 Å². The van der Waals surface area contributed by atoms with E-state index in [-0.39, 0.29) is 5.75 Å². The van der Waals surface area contributed by atoms with Gasteiger partial charge in [-0.2, -0.15) is 0 Å². The fourth-order valence-corrected chi connectivity index (χ4v) is 5.13. The molecule has 0 bridgehead atoms. The first-order valence-corrected chi connectivity index (χ1v) is 10.9. The summed E-state index contributed by atoms with van der Waals surface area (Å²) in [6.45, 7) is 0.827. The minimum Gasteiger partial charge on any atom is -0.351 e. The molecule has 0 radical (unpaired) electrons. The van der Waals surface area contributed by atoms with Crippen molar-refractivity contribution in [2.24, 2.45) is 4.99 Å². The Morgan fingerprint density at radius 1 is 1.15 bits per heavy atom. The fourth-order valence-electron chi connectivity index (χ4n) is 3.05. The van der Waals surface area contributed by atoms with Crippen molar-refractivity contribution in [2.45, 2.75) is 5.75 Å². The summed E-state index contributed by atoms with van der Waals surface area (Å²) < 4.78 is 27.1. The van der Waals surface area contributed by atoms with Gasteiger partial charge in [-0.3, -0.25) is 9.30 Å². The van der Waals surface area contributed by atoms with E-state index in [0.29, 0.717) is 5.69 Å². The third-order valence-electron chi connectivity index (χ3n) is 4.40. The lowest BCUT2D eigenvalue weighted by Crippen LogP contribution is -2.28. The average molecular weight is 386 g/mol. The van der Waals surface area contributed by atoms with Crippen LogP contribution in [0, 0.1) is 0 Å². The van der Waals surface area contributed by atoms with E-state index in [9.17, 15) is 8.42 Å². The minimum atomic E-state index is -3.49. The summed E-state index contributed by atoms with van der Waals surface area (Å²) in [4.78, 5) is 7.86. The molecule has 3 aromatic rings. The molecule has 7 heteroatoms. The van der Waals surface area contributed by atoms with Gasteiger partial charge in [-0.1, -0.05) is 42.5 Å². The summed E-state index contributed by atoms with van der Waals surface area (Å²) in [7, 11) is -1.88. The van der Waals surface area contributed by atoms with Crippen molar-refractivity contribution in [1.29, 1.82) is 0 Å². The molecule has 4 rings (SSSR count). The number of benzene rings is 2. The molecule has 1 N–H and O–H groups in total. The van der Waals surface area contributed by atoms with Crippen molar-refractivity contribution < 1.29 is 8.42 Å². The number of aromatic amines is 1. The van der Waals surface area contributed by atoms with Crippen LogP contribution in [0.15, 0.2) is 59.6 Å².